The molecule has 5 unspecified atom stereocenters. The summed E-state index contributed by atoms with van der Waals surface area (Å²) in [4.78, 5) is 73.1. The Morgan fingerprint density at radius 2 is 0.500 bits per heavy atom. The van der Waals surface area contributed by atoms with E-state index >= 15 is 0 Å². The summed E-state index contributed by atoms with van der Waals surface area (Å²) in [6, 6.07) is 0. The van der Waals surface area contributed by atoms with Crippen LogP contribution < -0.4 is 0 Å². The number of aliphatic hydroxyl groups is 1. The van der Waals surface area contributed by atoms with Crippen LogP contribution in [0.3, 0.4) is 0 Å². The minimum atomic E-state index is -4.99. The van der Waals surface area contributed by atoms with Crippen molar-refractivity contribution in [2.45, 2.75) is 341 Å². The Morgan fingerprint density at radius 3 is 0.808 bits per heavy atom. The second kappa shape index (κ2) is 76.4. The number of hydrogen-bond acceptors (Lipinski definition) is 15. The number of ether oxygens (including phenoxy) is 4. The van der Waals surface area contributed by atoms with Crippen LogP contribution in [-0.4, -0.2) is 96.7 Å². The molecule has 5 atom stereocenters. The maximum Gasteiger partial charge on any atom is 0.472 e. The van der Waals surface area contributed by atoms with E-state index in [1.165, 1.54) is 44.9 Å². The number of phosphoric ester groups is 2. The maximum absolute atomic E-state index is 13.1. The molecule has 0 aliphatic carbocycles. The fourth-order valence-electron chi connectivity index (χ4n) is 10.5. The highest BCUT2D eigenvalue weighted by Crippen LogP contribution is 2.45. The predicted molar refractivity (Wildman–Crippen MR) is 427 cm³/mol. The zero-order chi connectivity index (χ0) is 76.0. The molecule has 0 aromatic rings. The van der Waals surface area contributed by atoms with Crippen LogP contribution in [0, 0.1) is 0 Å². The van der Waals surface area contributed by atoms with E-state index in [2.05, 4.69) is 161 Å². The first-order valence-corrected chi connectivity index (χ1v) is 43.4. The monoisotopic (exact) mass is 1500 g/mol. The largest absolute Gasteiger partial charge is 0.472 e. The highest BCUT2D eigenvalue weighted by Gasteiger charge is 2.30. The number of aliphatic hydroxyl groups excluding tert-OH is 1. The van der Waals surface area contributed by atoms with E-state index in [0.29, 0.717) is 25.7 Å². The molecule has 0 saturated heterocycles. The molecule has 0 aromatic heterocycles. The van der Waals surface area contributed by atoms with Crippen LogP contribution in [0.5, 0.6) is 0 Å². The predicted octanol–water partition coefficient (Wildman–Crippen LogP) is 23.7. The average molecular weight is 1500 g/mol. The molecule has 0 amide bonds. The van der Waals surface area contributed by atoms with Crippen LogP contribution >= 0.6 is 15.6 Å². The number of phosphoric acid groups is 2. The lowest BCUT2D eigenvalue weighted by Gasteiger charge is -2.21. The molecule has 0 fully saturated rings. The number of rotatable bonds is 75. The average Bonchev–Trinajstić information content (AvgIpc) is 0.911. The summed E-state index contributed by atoms with van der Waals surface area (Å²) in [5.41, 5.74) is 0. The van der Waals surface area contributed by atoms with Gasteiger partial charge in [-0.2, -0.15) is 0 Å². The lowest BCUT2D eigenvalue weighted by molar-refractivity contribution is -0.161. The van der Waals surface area contributed by atoms with Crippen molar-refractivity contribution in [3.63, 3.8) is 0 Å². The van der Waals surface area contributed by atoms with Crippen molar-refractivity contribution in [3.05, 3.63) is 134 Å². The number of unbranched alkanes of at least 4 members (excludes halogenated alkanes) is 27. The third-order valence-corrected chi connectivity index (χ3v) is 18.5. The Kier molecular flexibility index (Phi) is 72.9. The SMILES string of the molecule is CC/C=C\C/C=C\C/C=C\C/C=C\C/C=C\CCCCCC(=O)OCC(COP(=O)(O)OCC(O)COP(=O)(O)OCC(COC(=O)CCCCCCC/C=C\C/C=C\CCCCC)OC(=O)CCCCCCC/C=C\CCCCCC)OC(=O)CCCCCCCCC/C=C\C/C=C\C/C=C\CC. The molecule has 0 saturated carbocycles. The summed E-state index contributed by atoms with van der Waals surface area (Å²) in [5.74, 6) is -2.24. The first-order valence-electron chi connectivity index (χ1n) is 40.4. The van der Waals surface area contributed by atoms with Crippen LogP contribution in [-0.2, 0) is 65.4 Å². The van der Waals surface area contributed by atoms with Gasteiger partial charge in [-0.05, 0) is 161 Å². The van der Waals surface area contributed by atoms with Crippen LogP contribution in [0.15, 0.2) is 134 Å². The Hall–Kier alpha value is -4.80. The van der Waals surface area contributed by atoms with Gasteiger partial charge in [-0.25, -0.2) is 9.13 Å². The summed E-state index contributed by atoms with van der Waals surface area (Å²) in [6.45, 7) is 4.55. The van der Waals surface area contributed by atoms with Crippen LogP contribution in [0.25, 0.3) is 0 Å². The summed E-state index contributed by atoms with van der Waals surface area (Å²) in [6.07, 6.45) is 85.6. The summed E-state index contributed by atoms with van der Waals surface area (Å²) >= 11 is 0. The van der Waals surface area contributed by atoms with Crippen molar-refractivity contribution >= 4 is 39.5 Å². The van der Waals surface area contributed by atoms with Gasteiger partial charge < -0.3 is 33.8 Å². The van der Waals surface area contributed by atoms with Crippen molar-refractivity contribution < 1.29 is 80.2 Å². The highest BCUT2D eigenvalue weighted by atomic mass is 31.2. The molecule has 17 nitrogen and oxygen atoms in total. The molecule has 0 spiro atoms. The van der Waals surface area contributed by atoms with Crippen molar-refractivity contribution in [2.24, 2.45) is 0 Å². The second-order valence-electron chi connectivity index (χ2n) is 26.6. The van der Waals surface area contributed by atoms with Crippen LogP contribution in [0.2, 0.25) is 0 Å². The van der Waals surface area contributed by atoms with Gasteiger partial charge in [-0.3, -0.25) is 37.3 Å². The van der Waals surface area contributed by atoms with E-state index in [1.54, 1.807) is 0 Å². The third kappa shape index (κ3) is 75.4. The summed E-state index contributed by atoms with van der Waals surface area (Å²) in [5, 5.41) is 10.6. The van der Waals surface area contributed by atoms with E-state index in [4.69, 9.17) is 37.0 Å². The smallest absolute Gasteiger partial charge is 0.462 e. The lowest BCUT2D eigenvalue weighted by Crippen LogP contribution is -2.30. The van der Waals surface area contributed by atoms with Crippen molar-refractivity contribution in [1.82, 2.24) is 0 Å². The van der Waals surface area contributed by atoms with Crippen LogP contribution in [0.4, 0.5) is 0 Å². The molecule has 0 heterocycles. The molecule has 19 heteroatoms. The molecular weight excluding hydrogens is 1350 g/mol. The summed E-state index contributed by atoms with van der Waals surface area (Å²) in [7, 11) is -9.98. The standard InChI is InChI=1S/C85H144O17P2/c1-5-9-13-17-21-25-29-33-36-38-39-41-43-47-50-54-58-62-66-70-83(88)96-76-81(102-85(90)72-68-64-60-56-52-48-44-40-37-34-30-26-22-18-14-10-6-2)78-100-104(93,94)98-74-79(86)73-97-103(91,92)99-77-80(101-84(89)71-67-63-59-55-51-45-32-28-24-20-16-12-8-4)75-95-82(87)69-65-61-57-53-49-46-42-35-31-27-23-19-15-11-7-3/h9-10,13-14,21-23,25-28,32-37,39,41-42,47,50,79-81,86H,5-8,11-12,15-20,24,29-31,38,40,43-46,48-49,51-78H2,1-4H3,(H,91,92)(H,93,94)/b13-9-,14-10-,25-21-,26-22-,27-23-,32-28-,36-33-,37-34-,41-39-,42-35-,50-47-. The minimum Gasteiger partial charge on any atom is -0.462 e. The zero-order valence-electron chi connectivity index (χ0n) is 65.2. The minimum absolute atomic E-state index is 0.0723. The van der Waals surface area contributed by atoms with Gasteiger partial charge in [-0.1, -0.05) is 271 Å². The van der Waals surface area contributed by atoms with Gasteiger partial charge in [0, 0.05) is 25.7 Å². The van der Waals surface area contributed by atoms with Gasteiger partial charge in [0.1, 0.15) is 19.3 Å². The van der Waals surface area contributed by atoms with Crippen molar-refractivity contribution in [3.8, 4) is 0 Å². The molecular formula is C85H144O17P2. The molecule has 3 N–H and O–H groups in total. The number of esters is 4. The number of carbonyl (C=O) groups is 4. The van der Waals surface area contributed by atoms with Gasteiger partial charge in [0.25, 0.3) is 0 Å². The fourth-order valence-corrected chi connectivity index (χ4v) is 12.0. The van der Waals surface area contributed by atoms with Crippen molar-refractivity contribution in [2.75, 3.05) is 39.6 Å². The quantitative estimate of drug-likeness (QED) is 0.0169. The number of allylic oxidation sites excluding steroid dienone is 22. The molecule has 0 aliphatic rings. The van der Waals surface area contributed by atoms with Gasteiger partial charge in [0.15, 0.2) is 12.2 Å². The molecule has 0 bridgehead atoms. The van der Waals surface area contributed by atoms with Gasteiger partial charge in [0.05, 0.1) is 26.4 Å². The molecule has 596 valence electrons. The van der Waals surface area contributed by atoms with Gasteiger partial charge >= 0.3 is 39.5 Å². The Balaban J connectivity index is 5.41. The first kappa shape index (κ1) is 99.2. The highest BCUT2D eigenvalue weighted by molar-refractivity contribution is 7.47. The lowest BCUT2D eigenvalue weighted by atomic mass is 10.1. The Morgan fingerprint density at radius 1 is 0.279 bits per heavy atom. The van der Waals surface area contributed by atoms with E-state index in [9.17, 15) is 43.2 Å². The number of hydrogen-bond donors (Lipinski definition) is 3. The maximum atomic E-state index is 13.1. The Bertz CT molecular complexity index is 2490. The molecule has 0 radical (unpaired) electrons. The van der Waals surface area contributed by atoms with E-state index in [-0.39, 0.29) is 25.7 Å². The second-order valence-corrected chi connectivity index (χ2v) is 29.5. The van der Waals surface area contributed by atoms with E-state index in [1.807, 2.05) is 0 Å². The first-order chi connectivity index (χ1) is 50.7. The Labute approximate surface area is 631 Å². The topological polar surface area (TPSA) is 237 Å². The van der Waals surface area contributed by atoms with E-state index in [0.717, 1.165) is 199 Å². The molecule has 0 aromatic carbocycles. The van der Waals surface area contributed by atoms with E-state index < -0.39 is 97.5 Å². The molecule has 104 heavy (non-hydrogen) atoms. The third-order valence-electron chi connectivity index (χ3n) is 16.6. The molecule has 0 rings (SSSR count). The zero-order valence-corrected chi connectivity index (χ0v) is 66.9. The van der Waals surface area contributed by atoms with Gasteiger partial charge in [-0.15, -0.1) is 0 Å². The fraction of sp³-hybridized carbons (Fsp3) is 0.694. The van der Waals surface area contributed by atoms with Crippen molar-refractivity contribution in [1.29, 1.82) is 0 Å². The normalized spacial score (nSPS) is 14.6. The van der Waals surface area contributed by atoms with Crippen LogP contribution in [0.1, 0.15) is 323 Å². The molecule has 0 aliphatic heterocycles. The number of carbonyl (C=O) groups excluding carboxylic acids is 4. The van der Waals surface area contributed by atoms with Gasteiger partial charge in [0.2, 0.25) is 0 Å². The summed E-state index contributed by atoms with van der Waals surface area (Å²) < 4.78 is 68.6.